The summed E-state index contributed by atoms with van der Waals surface area (Å²) in [5.41, 5.74) is 0. The standard InChI is InChI=1S/C20H19Cl2F2NO5S/c21-15-2-1-3-16(22)19(15)29-10-11-30-20(26)13-6-8-25(9-7-13)31(27,28)14-4-5-17(23)18(24)12-14/h1-5,12-13H,6-11H2. The lowest BCUT2D eigenvalue weighted by molar-refractivity contribution is -0.150. The van der Waals surface area contributed by atoms with Crippen molar-refractivity contribution in [1.29, 1.82) is 0 Å². The van der Waals surface area contributed by atoms with Crippen LogP contribution in [0.2, 0.25) is 10.0 Å². The normalized spacial score (nSPS) is 15.6. The Morgan fingerprint density at radius 3 is 2.29 bits per heavy atom. The maximum absolute atomic E-state index is 13.4. The van der Waals surface area contributed by atoms with E-state index in [-0.39, 0.29) is 44.0 Å². The minimum absolute atomic E-state index is 0.0201. The number of halogens is 4. The van der Waals surface area contributed by atoms with Crippen molar-refractivity contribution in [3.63, 3.8) is 0 Å². The number of rotatable bonds is 7. The van der Waals surface area contributed by atoms with Gasteiger partial charge in [0.05, 0.1) is 20.9 Å². The predicted molar refractivity (Wildman–Crippen MR) is 111 cm³/mol. The first-order valence-corrected chi connectivity index (χ1v) is 11.6. The fraction of sp³-hybridized carbons (Fsp3) is 0.350. The van der Waals surface area contributed by atoms with Crippen molar-refractivity contribution in [1.82, 2.24) is 4.31 Å². The molecule has 1 aliphatic rings. The number of hydrogen-bond donors (Lipinski definition) is 0. The maximum Gasteiger partial charge on any atom is 0.309 e. The van der Waals surface area contributed by atoms with Crippen molar-refractivity contribution in [2.24, 2.45) is 5.92 Å². The number of nitrogens with zero attached hydrogens (tertiary/aromatic N) is 1. The van der Waals surface area contributed by atoms with Crippen LogP contribution in [0.1, 0.15) is 12.8 Å². The van der Waals surface area contributed by atoms with E-state index in [2.05, 4.69) is 0 Å². The SMILES string of the molecule is O=C(OCCOc1c(Cl)cccc1Cl)C1CCN(S(=O)(=O)c2ccc(F)c(F)c2)CC1. The lowest BCUT2D eigenvalue weighted by atomic mass is 9.98. The number of hydrogen-bond acceptors (Lipinski definition) is 5. The number of ether oxygens (including phenoxy) is 2. The molecule has 168 valence electrons. The molecule has 0 bridgehead atoms. The molecule has 0 amide bonds. The number of carbonyl (C=O) groups excluding carboxylic acids is 1. The van der Waals surface area contributed by atoms with E-state index >= 15 is 0 Å². The molecule has 0 aromatic heterocycles. The summed E-state index contributed by atoms with van der Waals surface area (Å²) in [4.78, 5) is 11.9. The average Bonchev–Trinajstić information content (AvgIpc) is 2.74. The monoisotopic (exact) mass is 493 g/mol. The molecule has 1 saturated heterocycles. The fourth-order valence-electron chi connectivity index (χ4n) is 3.14. The van der Waals surface area contributed by atoms with Crippen LogP contribution in [0.5, 0.6) is 5.75 Å². The molecule has 1 fully saturated rings. The zero-order valence-electron chi connectivity index (χ0n) is 16.2. The lowest BCUT2D eigenvalue weighted by Crippen LogP contribution is -2.40. The molecule has 0 atom stereocenters. The molecule has 0 unspecified atom stereocenters. The third kappa shape index (κ3) is 5.65. The summed E-state index contributed by atoms with van der Waals surface area (Å²) in [6.45, 7) is 0.159. The average molecular weight is 494 g/mol. The summed E-state index contributed by atoms with van der Waals surface area (Å²) in [6, 6.07) is 7.35. The van der Waals surface area contributed by atoms with Gasteiger partial charge in [-0.25, -0.2) is 17.2 Å². The quantitative estimate of drug-likeness (QED) is 0.424. The van der Waals surface area contributed by atoms with E-state index in [1.807, 2.05) is 0 Å². The summed E-state index contributed by atoms with van der Waals surface area (Å²) >= 11 is 12.0. The van der Waals surface area contributed by atoms with Crippen molar-refractivity contribution < 1.29 is 31.5 Å². The van der Waals surface area contributed by atoms with E-state index in [0.29, 0.717) is 21.9 Å². The van der Waals surface area contributed by atoms with Crippen molar-refractivity contribution in [2.75, 3.05) is 26.3 Å². The van der Waals surface area contributed by atoms with Crippen LogP contribution >= 0.6 is 23.2 Å². The molecule has 0 radical (unpaired) electrons. The fourth-order valence-corrected chi connectivity index (χ4v) is 5.13. The number of para-hydroxylation sites is 1. The van der Waals surface area contributed by atoms with E-state index < -0.39 is 33.5 Å². The highest BCUT2D eigenvalue weighted by Crippen LogP contribution is 2.32. The highest BCUT2D eigenvalue weighted by molar-refractivity contribution is 7.89. The molecule has 2 aromatic carbocycles. The molecule has 11 heteroatoms. The number of benzene rings is 2. The summed E-state index contributed by atoms with van der Waals surface area (Å²) in [7, 11) is -3.98. The van der Waals surface area contributed by atoms with E-state index in [1.165, 1.54) is 0 Å². The van der Waals surface area contributed by atoms with Gasteiger partial charge in [0.25, 0.3) is 0 Å². The number of piperidine rings is 1. The zero-order valence-corrected chi connectivity index (χ0v) is 18.5. The van der Waals surface area contributed by atoms with Crippen LogP contribution in [0, 0.1) is 17.6 Å². The lowest BCUT2D eigenvalue weighted by Gasteiger charge is -2.30. The second-order valence-corrected chi connectivity index (χ2v) is 9.57. The maximum atomic E-state index is 13.4. The van der Waals surface area contributed by atoms with Crippen LogP contribution < -0.4 is 4.74 Å². The molecular formula is C20H19Cl2F2NO5S. The van der Waals surface area contributed by atoms with Gasteiger partial charge in [0.2, 0.25) is 10.0 Å². The molecule has 0 N–H and O–H groups in total. The van der Waals surface area contributed by atoms with Gasteiger partial charge in [-0.1, -0.05) is 29.3 Å². The van der Waals surface area contributed by atoms with Crippen LogP contribution in [-0.4, -0.2) is 45.0 Å². The van der Waals surface area contributed by atoms with Crippen LogP contribution in [0.3, 0.4) is 0 Å². The molecule has 1 heterocycles. The second kappa shape index (κ2) is 10.1. The molecule has 6 nitrogen and oxygen atoms in total. The largest absolute Gasteiger partial charge is 0.487 e. The van der Waals surface area contributed by atoms with Gasteiger partial charge in [-0.3, -0.25) is 4.79 Å². The Morgan fingerprint density at radius 1 is 1.03 bits per heavy atom. The molecular weight excluding hydrogens is 475 g/mol. The highest BCUT2D eigenvalue weighted by Gasteiger charge is 2.33. The van der Waals surface area contributed by atoms with Gasteiger partial charge in [0.15, 0.2) is 17.4 Å². The minimum atomic E-state index is -3.98. The van der Waals surface area contributed by atoms with Gasteiger partial charge < -0.3 is 9.47 Å². The van der Waals surface area contributed by atoms with E-state index in [9.17, 15) is 22.0 Å². The Kier molecular flexibility index (Phi) is 7.74. The van der Waals surface area contributed by atoms with Gasteiger partial charge in [-0.05, 0) is 43.2 Å². The third-order valence-corrected chi connectivity index (χ3v) is 7.30. The van der Waals surface area contributed by atoms with Gasteiger partial charge >= 0.3 is 5.97 Å². The smallest absolute Gasteiger partial charge is 0.309 e. The van der Waals surface area contributed by atoms with Gasteiger partial charge in [0, 0.05) is 13.1 Å². The Morgan fingerprint density at radius 2 is 1.68 bits per heavy atom. The zero-order chi connectivity index (χ0) is 22.6. The van der Waals surface area contributed by atoms with Crippen LogP contribution in [0.15, 0.2) is 41.3 Å². The Hall–Kier alpha value is -1.94. The van der Waals surface area contributed by atoms with E-state index in [4.69, 9.17) is 32.7 Å². The molecule has 0 saturated carbocycles. The Balaban J connectivity index is 1.47. The first-order chi connectivity index (χ1) is 14.7. The van der Waals surface area contributed by atoms with Crippen LogP contribution in [-0.2, 0) is 19.6 Å². The van der Waals surface area contributed by atoms with Gasteiger partial charge in [-0.2, -0.15) is 4.31 Å². The molecule has 2 aromatic rings. The van der Waals surface area contributed by atoms with Crippen LogP contribution in [0.4, 0.5) is 8.78 Å². The van der Waals surface area contributed by atoms with Crippen molar-refractivity contribution in [2.45, 2.75) is 17.7 Å². The highest BCUT2D eigenvalue weighted by atomic mass is 35.5. The van der Waals surface area contributed by atoms with Gasteiger partial charge in [0.1, 0.15) is 13.2 Å². The summed E-state index contributed by atoms with van der Waals surface area (Å²) < 4.78 is 63.5. The second-order valence-electron chi connectivity index (χ2n) is 6.82. The summed E-state index contributed by atoms with van der Waals surface area (Å²) in [5.74, 6) is -2.99. The van der Waals surface area contributed by atoms with Crippen molar-refractivity contribution >= 4 is 39.2 Å². The summed E-state index contributed by atoms with van der Waals surface area (Å²) in [5, 5.41) is 0.682. The molecule has 3 rings (SSSR count). The Bertz CT molecular complexity index is 1040. The van der Waals surface area contributed by atoms with Gasteiger partial charge in [-0.15, -0.1) is 0 Å². The Labute approximate surface area is 188 Å². The molecule has 1 aliphatic heterocycles. The van der Waals surface area contributed by atoms with Crippen molar-refractivity contribution in [3.8, 4) is 5.75 Å². The summed E-state index contributed by atoms with van der Waals surface area (Å²) in [6.07, 6.45) is 0.498. The minimum Gasteiger partial charge on any atom is -0.487 e. The number of carbonyl (C=O) groups is 1. The first kappa shape index (κ1) is 23.7. The molecule has 31 heavy (non-hydrogen) atoms. The molecule has 0 aliphatic carbocycles. The number of esters is 1. The number of sulfonamides is 1. The van der Waals surface area contributed by atoms with Crippen LogP contribution in [0.25, 0.3) is 0 Å². The first-order valence-electron chi connectivity index (χ1n) is 9.39. The third-order valence-electron chi connectivity index (χ3n) is 4.81. The van der Waals surface area contributed by atoms with E-state index in [1.54, 1.807) is 18.2 Å². The topological polar surface area (TPSA) is 72.9 Å². The molecule has 0 spiro atoms. The van der Waals surface area contributed by atoms with E-state index in [0.717, 1.165) is 16.4 Å². The van der Waals surface area contributed by atoms with Crippen molar-refractivity contribution in [3.05, 3.63) is 58.1 Å². The predicted octanol–water partition coefficient (Wildman–Crippen LogP) is 4.29.